The van der Waals surface area contributed by atoms with Crippen LogP contribution < -0.4 is 4.90 Å². The fourth-order valence-corrected chi connectivity index (χ4v) is 9.17. The summed E-state index contributed by atoms with van der Waals surface area (Å²) in [7, 11) is 0. The maximum atomic E-state index is 6.84. The first kappa shape index (κ1) is 31.0. The number of nitrogens with zero attached hydrogens (tertiary/aromatic N) is 1. The average molecular weight is 712 g/mol. The number of rotatable bonds is 4. The fraction of sp³-hybridized carbons (Fsp3) is 0. The van der Waals surface area contributed by atoms with E-state index in [1.165, 1.54) is 64.6 Å². The molecule has 11 aromatic carbocycles. The zero-order chi connectivity index (χ0) is 36.7. The second-order valence-electron chi connectivity index (χ2n) is 14.9. The molecule has 260 valence electrons. The average Bonchev–Trinajstić information content (AvgIpc) is 3.61. The predicted octanol–water partition coefficient (Wildman–Crippen LogP) is 15.6. The minimum atomic E-state index is 0.907. The van der Waals surface area contributed by atoms with Crippen LogP contribution in [0, 0.1) is 0 Å². The first-order chi connectivity index (χ1) is 27.8. The Morgan fingerprint density at radius 3 is 1.30 bits per heavy atom. The van der Waals surface area contributed by atoms with Gasteiger partial charge < -0.3 is 9.32 Å². The van der Waals surface area contributed by atoms with Crippen molar-refractivity contribution in [3.63, 3.8) is 0 Å². The van der Waals surface area contributed by atoms with E-state index in [0.717, 1.165) is 50.1 Å². The van der Waals surface area contributed by atoms with Crippen LogP contribution in [-0.4, -0.2) is 0 Å². The molecule has 0 amide bonds. The van der Waals surface area contributed by atoms with Gasteiger partial charge in [-0.1, -0.05) is 158 Å². The molecule has 12 rings (SSSR count). The van der Waals surface area contributed by atoms with E-state index in [1.807, 2.05) is 0 Å². The Labute approximate surface area is 323 Å². The lowest BCUT2D eigenvalue weighted by Crippen LogP contribution is -2.11. The SMILES string of the molecule is c1ccc2cc3c(cc2c1)oc1c(-c2ccc(N(c4cc5ccccc5c5ccccc45)c4cc5ccccc5c5ccccc45)cc2)c2ccccc2cc13. The molecular formula is C54H33NO. The molecule has 0 N–H and O–H groups in total. The minimum absolute atomic E-state index is 0.907. The standard InChI is InChI=1S/C54H33NO/c1-2-14-36-33-52-48(29-35(36)13-1)49-30-37-15-5-8-20-43(37)53(54(49)56-52)34-25-27-40(28-26-34)55(50-31-38-16-3-6-18-41(38)44-21-9-11-23-46(44)50)51-32-39-17-4-7-19-42(39)45-22-10-12-24-47(45)51/h1-33H. The summed E-state index contributed by atoms with van der Waals surface area (Å²) in [5.74, 6) is 0. The molecule has 1 heterocycles. The molecule has 0 aliphatic heterocycles. The molecule has 1 aromatic heterocycles. The number of hydrogen-bond donors (Lipinski definition) is 0. The van der Waals surface area contributed by atoms with Gasteiger partial charge in [-0.25, -0.2) is 0 Å². The summed E-state index contributed by atoms with van der Waals surface area (Å²) < 4.78 is 6.84. The van der Waals surface area contributed by atoms with Gasteiger partial charge in [0.1, 0.15) is 11.2 Å². The van der Waals surface area contributed by atoms with E-state index in [9.17, 15) is 0 Å². The van der Waals surface area contributed by atoms with Crippen molar-refractivity contribution in [3.8, 4) is 11.1 Å². The van der Waals surface area contributed by atoms with E-state index in [4.69, 9.17) is 4.42 Å². The van der Waals surface area contributed by atoms with E-state index in [0.29, 0.717) is 0 Å². The largest absolute Gasteiger partial charge is 0.455 e. The van der Waals surface area contributed by atoms with Crippen molar-refractivity contribution in [2.45, 2.75) is 0 Å². The molecule has 0 aliphatic rings. The highest BCUT2D eigenvalue weighted by molar-refractivity contribution is 6.21. The summed E-state index contributed by atoms with van der Waals surface area (Å²) in [5, 5.41) is 16.9. The summed E-state index contributed by atoms with van der Waals surface area (Å²) in [4.78, 5) is 2.47. The van der Waals surface area contributed by atoms with Gasteiger partial charge >= 0.3 is 0 Å². The van der Waals surface area contributed by atoms with Crippen LogP contribution in [0.25, 0.3) is 97.7 Å². The number of furan rings is 1. The van der Waals surface area contributed by atoms with Crippen molar-refractivity contribution in [1.29, 1.82) is 0 Å². The predicted molar refractivity (Wildman–Crippen MR) is 239 cm³/mol. The molecule has 56 heavy (non-hydrogen) atoms. The third-order valence-corrected chi connectivity index (χ3v) is 11.7. The maximum absolute atomic E-state index is 6.84. The first-order valence-electron chi connectivity index (χ1n) is 19.3. The molecule has 0 unspecified atom stereocenters. The van der Waals surface area contributed by atoms with Crippen molar-refractivity contribution >= 4 is 104 Å². The van der Waals surface area contributed by atoms with Crippen LogP contribution >= 0.6 is 0 Å². The second-order valence-corrected chi connectivity index (χ2v) is 14.9. The number of anilines is 3. The van der Waals surface area contributed by atoms with E-state index in [-0.39, 0.29) is 0 Å². The summed E-state index contributed by atoms with van der Waals surface area (Å²) in [6.45, 7) is 0. The molecule has 0 bridgehead atoms. The third kappa shape index (κ3) is 4.63. The van der Waals surface area contributed by atoms with E-state index >= 15 is 0 Å². The highest BCUT2D eigenvalue weighted by Crippen LogP contribution is 2.47. The van der Waals surface area contributed by atoms with Crippen molar-refractivity contribution in [2.75, 3.05) is 4.90 Å². The van der Waals surface area contributed by atoms with Crippen molar-refractivity contribution in [1.82, 2.24) is 0 Å². The van der Waals surface area contributed by atoms with E-state index in [1.54, 1.807) is 0 Å². The topological polar surface area (TPSA) is 16.4 Å². The van der Waals surface area contributed by atoms with Gasteiger partial charge in [-0.15, -0.1) is 0 Å². The molecule has 0 spiro atoms. The Morgan fingerprint density at radius 1 is 0.304 bits per heavy atom. The Balaban J connectivity index is 1.13. The van der Waals surface area contributed by atoms with Gasteiger partial charge in [0.15, 0.2) is 0 Å². The third-order valence-electron chi connectivity index (χ3n) is 11.7. The fourth-order valence-electron chi connectivity index (χ4n) is 9.17. The van der Waals surface area contributed by atoms with Gasteiger partial charge in [-0.05, 0) is 102 Å². The van der Waals surface area contributed by atoms with Gasteiger partial charge in [0.05, 0.1) is 11.4 Å². The number of hydrogen-bond acceptors (Lipinski definition) is 2. The highest BCUT2D eigenvalue weighted by atomic mass is 16.3. The number of benzene rings is 11. The summed E-state index contributed by atoms with van der Waals surface area (Å²) in [5.41, 5.74) is 7.43. The second kappa shape index (κ2) is 12.0. The summed E-state index contributed by atoms with van der Waals surface area (Å²) in [6, 6.07) is 72.9. The summed E-state index contributed by atoms with van der Waals surface area (Å²) in [6.07, 6.45) is 0. The van der Waals surface area contributed by atoms with Gasteiger partial charge in [0, 0.05) is 32.8 Å². The lowest BCUT2D eigenvalue weighted by Gasteiger charge is -2.29. The lowest BCUT2D eigenvalue weighted by atomic mass is 9.94. The van der Waals surface area contributed by atoms with E-state index in [2.05, 4.69) is 205 Å². The molecular weight excluding hydrogens is 679 g/mol. The van der Waals surface area contributed by atoms with Crippen LogP contribution in [0.15, 0.2) is 205 Å². The molecule has 12 aromatic rings. The van der Waals surface area contributed by atoms with Crippen molar-refractivity contribution in [3.05, 3.63) is 200 Å². The summed E-state index contributed by atoms with van der Waals surface area (Å²) >= 11 is 0. The molecule has 0 aliphatic carbocycles. The maximum Gasteiger partial charge on any atom is 0.143 e. The monoisotopic (exact) mass is 711 g/mol. The van der Waals surface area contributed by atoms with Crippen LogP contribution in [-0.2, 0) is 0 Å². The van der Waals surface area contributed by atoms with Crippen LogP contribution in [0.1, 0.15) is 0 Å². The van der Waals surface area contributed by atoms with Crippen molar-refractivity contribution in [2.24, 2.45) is 0 Å². The van der Waals surface area contributed by atoms with Gasteiger partial charge in [0.25, 0.3) is 0 Å². The highest BCUT2D eigenvalue weighted by Gasteiger charge is 2.22. The molecule has 2 heteroatoms. The Morgan fingerprint density at radius 2 is 0.732 bits per heavy atom. The Bertz CT molecular complexity index is 3420. The quantitative estimate of drug-likeness (QED) is 0.169. The van der Waals surface area contributed by atoms with Gasteiger partial charge in [0.2, 0.25) is 0 Å². The molecule has 0 saturated carbocycles. The number of fused-ring (bicyclic) bond motifs is 11. The molecule has 0 radical (unpaired) electrons. The van der Waals surface area contributed by atoms with Crippen LogP contribution in [0.2, 0.25) is 0 Å². The zero-order valence-corrected chi connectivity index (χ0v) is 30.4. The van der Waals surface area contributed by atoms with Gasteiger partial charge in [-0.3, -0.25) is 0 Å². The van der Waals surface area contributed by atoms with Gasteiger partial charge in [-0.2, -0.15) is 0 Å². The first-order valence-corrected chi connectivity index (χ1v) is 19.3. The normalized spacial score (nSPS) is 11.9. The van der Waals surface area contributed by atoms with Crippen molar-refractivity contribution < 1.29 is 4.42 Å². The Kier molecular flexibility index (Phi) is 6.66. The molecule has 0 saturated heterocycles. The zero-order valence-electron chi connectivity index (χ0n) is 30.4. The lowest BCUT2D eigenvalue weighted by molar-refractivity contribution is 0.671. The van der Waals surface area contributed by atoms with Crippen LogP contribution in [0.4, 0.5) is 17.1 Å². The minimum Gasteiger partial charge on any atom is -0.455 e. The smallest absolute Gasteiger partial charge is 0.143 e. The molecule has 2 nitrogen and oxygen atoms in total. The van der Waals surface area contributed by atoms with Crippen LogP contribution in [0.5, 0.6) is 0 Å². The Hall–Kier alpha value is -7.42. The molecule has 0 fully saturated rings. The van der Waals surface area contributed by atoms with E-state index < -0.39 is 0 Å². The van der Waals surface area contributed by atoms with Crippen LogP contribution in [0.3, 0.4) is 0 Å². The molecule has 0 atom stereocenters.